The van der Waals surface area contributed by atoms with Gasteiger partial charge in [-0.3, -0.25) is 4.90 Å². The number of nitrogens with zero attached hydrogens (tertiary/aromatic N) is 3. The second-order valence-electron chi connectivity index (χ2n) is 5.48. The van der Waals surface area contributed by atoms with Crippen LogP contribution in [0.3, 0.4) is 0 Å². The van der Waals surface area contributed by atoms with E-state index in [2.05, 4.69) is 61.6 Å². The summed E-state index contributed by atoms with van der Waals surface area (Å²) in [5.41, 5.74) is 0.199. The Bertz CT molecular complexity index is 378. The van der Waals surface area contributed by atoms with Crippen molar-refractivity contribution < 1.29 is 0 Å². The second-order valence-corrected chi connectivity index (χ2v) is 5.48. The van der Waals surface area contributed by atoms with E-state index in [4.69, 9.17) is 0 Å². The Labute approximate surface area is 124 Å². The quantitative estimate of drug-likeness (QED) is 0.754. The van der Waals surface area contributed by atoms with Gasteiger partial charge in [0.05, 0.1) is 0 Å². The van der Waals surface area contributed by atoms with E-state index in [-0.39, 0.29) is 5.54 Å². The van der Waals surface area contributed by atoms with Gasteiger partial charge >= 0.3 is 0 Å². The predicted octanol–water partition coefficient (Wildman–Crippen LogP) is 2.45. The molecule has 0 amide bonds. The molecular weight excluding hydrogens is 248 g/mol. The Kier molecular flexibility index (Phi) is 6.69. The minimum absolute atomic E-state index is 0.199. The number of rotatable bonds is 9. The summed E-state index contributed by atoms with van der Waals surface area (Å²) in [6.07, 6.45) is 7.19. The summed E-state index contributed by atoms with van der Waals surface area (Å²) in [4.78, 5) is 7.11. The lowest BCUT2D eigenvalue weighted by Crippen LogP contribution is -2.61. The Morgan fingerprint density at radius 1 is 1.25 bits per heavy atom. The molecule has 1 rings (SSSR count). The Morgan fingerprint density at radius 3 is 2.20 bits per heavy atom. The fraction of sp³-hybridized carbons (Fsp3) is 0.812. The Balaban J connectivity index is 3.05. The van der Waals surface area contributed by atoms with E-state index in [1.165, 1.54) is 0 Å². The van der Waals surface area contributed by atoms with Crippen molar-refractivity contribution in [1.82, 2.24) is 19.8 Å². The van der Waals surface area contributed by atoms with Gasteiger partial charge in [-0.05, 0) is 33.0 Å². The van der Waals surface area contributed by atoms with Crippen molar-refractivity contribution in [2.75, 3.05) is 20.1 Å². The van der Waals surface area contributed by atoms with Crippen LogP contribution in [0.5, 0.6) is 0 Å². The molecule has 0 radical (unpaired) electrons. The Morgan fingerprint density at radius 2 is 1.85 bits per heavy atom. The fourth-order valence-corrected chi connectivity index (χ4v) is 3.60. The summed E-state index contributed by atoms with van der Waals surface area (Å²) in [6.45, 7) is 11.3. The summed E-state index contributed by atoms with van der Waals surface area (Å²) >= 11 is 0. The Hall–Kier alpha value is -0.870. The number of nitrogens with one attached hydrogen (secondary N) is 1. The smallest absolute Gasteiger partial charge is 0.109 e. The van der Waals surface area contributed by atoms with Crippen molar-refractivity contribution in [1.29, 1.82) is 0 Å². The third-order valence-corrected chi connectivity index (χ3v) is 4.92. The molecular formula is C16H32N4. The minimum atomic E-state index is 0.199. The lowest BCUT2D eigenvalue weighted by Gasteiger charge is -2.48. The van der Waals surface area contributed by atoms with E-state index in [1.807, 2.05) is 12.4 Å². The number of aryl methyl sites for hydroxylation is 1. The molecule has 1 N–H and O–H groups in total. The van der Waals surface area contributed by atoms with E-state index < -0.39 is 0 Å². The molecule has 20 heavy (non-hydrogen) atoms. The molecule has 0 spiro atoms. The predicted molar refractivity (Wildman–Crippen MR) is 86.0 cm³/mol. The zero-order valence-electron chi connectivity index (χ0n) is 14.1. The average molecular weight is 280 g/mol. The van der Waals surface area contributed by atoms with Crippen molar-refractivity contribution in [3.8, 4) is 0 Å². The van der Waals surface area contributed by atoms with Crippen molar-refractivity contribution in [3.63, 3.8) is 0 Å². The molecule has 0 aliphatic heterocycles. The van der Waals surface area contributed by atoms with Crippen LogP contribution >= 0.6 is 0 Å². The molecule has 1 heterocycles. The number of imidazole rings is 1. The SMILES string of the molecule is CCN(CC)C(CC)(CC)C(Cc1nccn1C)NC. The summed E-state index contributed by atoms with van der Waals surface area (Å²) in [7, 11) is 4.16. The molecule has 0 bridgehead atoms. The monoisotopic (exact) mass is 280 g/mol. The van der Waals surface area contributed by atoms with Crippen molar-refractivity contribution >= 4 is 0 Å². The molecule has 0 saturated carbocycles. The topological polar surface area (TPSA) is 33.1 Å². The maximum atomic E-state index is 4.50. The summed E-state index contributed by atoms with van der Waals surface area (Å²) < 4.78 is 2.13. The number of likely N-dealkylation sites (N-methyl/N-ethyl adjacent to an activating group) is 2. The molecule has 0 aromatic carbocycles. The van der Waals surface area contributed by atoms with Gasteiger partial charge in [-0.2, -0.15) is 0 Å². The lowest BCUT2D eigenvalue weighted by molar-refractivity contribution is 0.0511. The zero-order valence-corrected chi connectivity index (χ0v) is 14.1. The average Bonchev–Trinajstić information content (AvgIpc) is 2.88. The van der Waals surface area contributed by atoms with Gasteiger partial charge in [-0.1, -0.05) is 27.7 Å². The molecule has 1 aromatic heterocycles. The van der Waals surface area contributed by atoms with Crippen molar-refractivity contribution in [3.05, 3.63) is 18.2 Å². The van der Waals surface area contributed by atoms with Crippen LogP contribution in [-0.2, 0) is 13.5 Å². The molecule has 0 aliphatic carbocycles. The van der Waals surface area contributed by atoms with Crippen LogP contribution in [0.4, 0.5) is 0 Å². The van der Waals surface area contributed by atoms with E-state index >= 15 is 0 Å². The molecule has 4 heteroatoms. The minimum Gasteiger partial charge on any atom is -0.338 e. The highest BCUT2D eigenvalue weighted by Crippen LogP contribution is 2.29. The third kappa shape index (κ3) is 3.23. The van der Waals surface area contributed by atoms with Crippen LogP contribution < -0.4 is 5.32 Å². The van der Waals surface area contributed by atoms with Crippen LogP contribution in [0.2, 0.25) is 0 Å². The third-order valence-electron chi connectivity index (χ3n) is 4.92. The van der Waals surface area contributed by atoms with Gasteiger partial charge in [-0.15, -0.1) is 0 Å². The maximum absolute atomic E-state index is 4.50. The highest BCUT2D eigenvalue weighted by atomic mass is 15.2. The number of hydrogen-bond acceptors (Lipinski definition) is 3. The lowest BCUT2D eigenvalue weighted by atomic mass is 9.80. The molecule has 1 aromatic rings. The van der Waals surface area contributed by atoms with Crippen molar-refractivity contribution in [2.45, 2.75) is 58.5 Å². The normalized spacial score (nSPS) is 13.9. The maximum Gasteiger partial charge on any atom is 0.109 e. The van der Waals surface area contributed by atoms with E-state index in [0.29, 0.717) is 6.04 Å². The molecule has 4 nitrogen and oxygen atoms in total. The number of hydrogen-bond donors (Lipinski definition) is 1. The van der Waals surface area contributed by atoms with Gasteiger partial charge in [0, 0.05) is 37.4 Å². The highest BCUT2D eigenvalue weighted by Gasteiger charge is 2.39. The van der Waals surface area contributed by atoms with Crippen LogP contribution in [0.15, 0.2) is 12.4 Å². The first-order valence-electron chi connectivity index (χ1n) is 7.97. The van der Waals surface area contributed by atoms with Crippen LogP contribution in [0.25, 0.3) is 0 Å². The van der Waals surface area contributed by atoms with E-state index in [1.54, 1.807) is 0 Å². The number of aromatic nitrogens is 2. The molecule has 1 atom stereocenters. The standard InChI is InChI=1S/C16H32N4/c1-7-16(8-2,20(9-3)10-4)14(17-5)13-15-18-11-12-19(15)6/h11-12,14,17H,7-10,13H2,1-6H3. The summed E-state index contributed by atoms with van der Waals surface area (Å²) in [5.74, 6) is 1.16. The van der Waals surface area contributed by atoms with Gasteiger partial charge in [0.15, 0.2) is 0 Å². The van der Waals surface area contributed by atoms with Gasteiger partial charge in [0.1, 0.15) is 5.82 Å². The summed E-state index contributed by atoms with van der Waals surface area (Å²) in [6, 6.07) is 0.415. The largest absolute Gasteiger partial charge is 0.338 e. The van der Waals surface area contributed by atoms with Crippen LogP contribution in [-0.4, -0.2) is 46.2 Å². The first kappa shape index (κ1) is 17.2. The van der Waals surface area contributed by atoms with Crippen LogP contribution in [0.1, 0.15) is 46.4 Å². The fourth-order valence-electron chi connectivity index (χ4n) is 3.60. The van der Waals surface area contributed by atoms with E-state index in [0.717, 1.165) is 38.2 Å². The molecule has 0 aliphatic rings. The van der Waals surface area contributed by atoms with Gasteiger partial charge in [0.2, 0.25) is 0 Å². The van der Waals surface area contributed by atoms with Gasteiger partial charge < -0.3 is 9.88 Å². The first-order chi connectivity index (χ1) is 9.59. The molecule has 0 saturated heterocycles. The molecule has 116 valence electrons. The van der Waals surface area contributed by atoms with Crippen LogP contribution in [0, 0.1) is 0 Å². The molecule has 1 unspecified atom stereocenters. The highest BCUT2D eigenvalue weighted by molar-refractivity contribution is 5.04. The second kappa shape index (κ2) is 7.79. The van der Waals surface area contributed by atoms with Crippen molar-refractivity contribution in [2.24, 2.45) is 7.05 Å². The summed E-state index contributed by atoms with van der Waals surface area (Å²) in [5, 5.41) is 3.56. The van der Waals surface area contributed by atoms with Gasteiger partial charge in [-0.25, -0.2) is 4.98 Å². The zero-order chi connectivity index (χ0) is 15.2. The molecule has 0 fully saturated rings. The van der Waals surface area contributed by atoms with E-state index in [9.17, 15) is 0 Å². The first-order valence-corrected chi connectivity index (χ1v) is 7.97. The van der Waals surface area contributed by atoms with Gasteiger partial charge in [0.25, 0.3) is 0 Å².